The van der Waals surface area contributed by atoms with Crippen LogP contribution in [0.2, 0.25) is 0 Å². The summed E-state index contributed by atoms with van der Waals surface area (Å²) in [7, 11) is 0. The van der Waals surface area contributed by atoms with Crippen molar-refractivity contribution in [1.82, 2.24) is 16.0 Å². The van der Waals surface area contributed by atoms with Crippen molar-refractivity contribution >= 4 is 17.7 Å². The van der Waals surface area contributed by atoms with E-state index in [1.165, 1.54) is 0 Å². The Hall–Kier alpha value is -4.14. The average Bonchev–Trinajstić information content (AvgIpc) is 3.23. The van der Waals surface area contributed by atoms with Crippen molar-refractivity contribution in [1.29, 1.82) is 0 Å². The fourth-order valence-electron chi connectivity index (χ4n) is 5.12. The van der Waals surface area contributed by atoms with Gasteiger partial charge in [0.05, 0.1) is 6.54 Å². The molecule has 9 heteroatoms. The predicted octanol–water partition coefficient (Wildman–Crippen LogP) is 4.74. The maximum atomic E-state index is 13.5. The molecule has 0 heterocycles. The molecule has 3 aromatic rings. The lowest BCUT2D eigenvalue weighted by atomic mass is 9.73. The molecule has 0 aliphatic heterocycles. The van der Waals surface area contributed by atoms with Crippen molar-refractivity contribution in [3.05, 3.63) is 95.6 Å². The summed E-state index contributed by atoms with van der Waals surface area (Å²) in [5.41, 5.74) is 2.33. The lowest BCUT2D eigenvalue weighted by molar-refractivity contribution is -0.141. The molecule has 0 aromatic heterocycles. The van der Waals surface area contributed by atoms with E-state index in [4.69, 9.17) is 0 Å². The van der Waals surface area contributed by atoms with Gasteiger partial charge in [-0.2, -0.15) is 13.2 Å². The fraction of sp³-hybridized carbons (Fsp3) is 0.300. The third-order valence-electron chi connectivity index (χ3n) is 6.90. The lowest BCUT2D eigenvalue weighted by Gasteiger charge is -2.31. The number of nitrogens with one attached hydrogen (secondary N) is 3. The van der Waals surface area contributed by atoms with Crippen LogP contribution in [-0.2, 0) is 15.0 Å². The van der Waals surface area contributed by atoms with Crippen molar-refractivity contribution in [3.8, 4) is 11.1 Å². The molecule has 0 saturated heterocycles. The van der Waals surface area contributed by atoms with E-state index in [2.05, 4.69) is 16.0 Å². The van der Waals surface area contributed by atoms with Crippen LogP contribution in [0.4, 0.5) is 13.2 Å². The second-order valence-corrected chi connectivity index (χ2v) is 9.50. The number of hydrogen-bond donors (Lipinski definition) is 3. The normalized spacial score (nSPS) is 13.2. The van der Waals surface area contributed by atoms with E-state index in [0.717, 1.165) is 11.1 Å². The van der Waals surface area contributed by atoms with E-state index in [0.29, 0.717) is 48.9 Å². The number of alkyl halides is 3. The summed E-state index contributed by atoms with van der Waals surface area (Å²) >= 11 is 0. The lowest BCUT2D eigenvalue weighted by Crippen LogP contribution is -2.47. The van der Waals surface area contributed by atoms with Gasteiger partial charge in [0.2, 0.25) is 11.8 Å². The first-order valence-corrected chi connectivity index (χ1v) is 12.9. The summed E-state index contributed by atoms with van der Waals surface area (Å²) in [5, 5.41) is 7.47. The third kappa shape index (κ3) is 6.47. The maximum absolute atomic E-state index is 13.5. The largest absolute Gasteiger partial charge is 0.405 e. The molecule has 1 aliphatic carbocycles. The van der Waals surface area contributed by atoms with Crippen LogP contribution in [0.15, 0.2) is 78.9 Å². The van der Waals surface area contributed by atoms with E-state index in [1.807, 2.05) is 36.4 Å². The van der Waals surface area contributed by atoms with Gasteiger partial charge in [0.1, 0.15) is 12.0 Å². The Morgan fingerprint density at radius 1 is 0.692 bits per heavy atom. The zero-order chi connectivity index (χ0) is 27.9. The number of halogens is 3. The molecular formula is C30H30F3N3O3. The smallest absolute Gasteiger partial charge is 0.355 e. The van der Waals surface area contributed by atoms with Crippen molar-refractivity contribution < 1.29 is 27.6 Å². The molecule has 0 atom stereocenters. The first-order valence-electron chi connectivity index (χ1n) is 12.9. The van der Waals surface area contributed by atoms with Gasteiger partial charge in [-0.15, -0.1) is 0 Å². The molecule has 0 spiro atoms. The van der Waals surface area contributed by atoms with Gasteiger partial charge in [-0.05, 0) is 47.2 Å². The van der Waals surface area contributed by atoms with Crippen LogP contribution in [0.1, 0.15) is 47.2 Å². The van der Waals surface area contributed by atoms with Gasteiger partial charge in [0.15, 0.2) is 0 Å². The minimum Gasteiger partial charge on any atom is -0.355 e. The van der Waals surface area contributed by atoms with Crippen LogP contribution in [-0.4, -0.2) is 43.5 Å². The number of benzene rings is 3. The summed E-state index contributed by atoms with van der Waals surface area (Å²) in [5.74, 6) is -1.32. The number of rotatable bonds is 11. The molecule has 3 amide bonds. The quantitative estimate of drug-likeness (QED) is 0.309. The number of amides is 3. The minimum atomic E-state index is -4.52. The highest BCUT2D eigenvalue weighted by Crippen LogP contribution is 2.51. The third-order valence-corrected chi connectivity index (χ3v) is 6.90. The molecule has 3 N–H and O–H groups in total. The molecule has 0 fully saturated rings. The molecule has 0 saturated carbocycles. The number of carbonyl (C=O) groups excluding carboxylic acids is 3. The Morgan fingerprint density at radius 3 is 1.90 bits per heavy atom. The van der Waals surface area contributed by atoms with Gasteiger partial charge < -0.3 is 16.0 Å². The summed E-state index contributed by atoms with van der Waals surface area (Å²) in [6.45, 7) is -1.17. The van der Waals surface area contributed by atoms with Crippen LogP contribution >= 0.6 is 0 Å². The Balaban J connectivity index is 1.35. The first-order chi connectivity index (χ1) is 18.7. The van der Waals surface area contributed by atoms with Crippen LogP contribution in [0.5, 0.6) is 0 Å². The Kier molecular flexibility index (Phi) is 8.69. The van der Waals surface area contributed by atoms with E-state index < -0.39 is 24.0 Å². The average molecular weight is 538 g/mol. The maximum Gasteiger partial charge on any atom is 0.405 e. The van der Waals surface area contributed by atoms with Gasteiger partial charge >= 0.3 is 6.18 Å². The van der Waals surface area contributed by atoms with Gasteiger partial charge in [-0.1, -0.05) is 79.6 Å². The highest BCUT2D eigenvalue weighted by Gasteiger charge is 2.49. The monoisotopic (exact) mass is 537 g/mol. The summed E-state index contributed by atoms with van der Waals surface area (Å²) in [6.07, 6.45) is -2.38. The van der Waals surface area contributed by atoms with E-state index in [-0.39, 0.29) is 18.4 Å². The van der Waals surface area contributed by atoms with E-state index in [9.17, 15) is 27.6 Å². The van der Waals surface area contributed by atoms with E-state index in [1.54, 1.807) is 42.5 Å². The molecule has 4 rings (SSSR count). The molecule has 0 unspecified atom stereocenters. The van der Waals surface area contributed by atoms with Crippen LogP contribution < -0.4 is 16.0 Å². The zero-order valence-corrected chi connectivity index (χ0v) is 21.3. The first kappa shape index (κ1) is 27.9. The second-order valence-electron chi connectivity index (χ2n) is 9.50. The van der Waals surface area contributed by atoms with Crippen molar-refractivity contribution in [2.45, 2.75) is 37.3 Å². The molecule has 6 nitrogen and oxygen atoms in total. The van der Waals surface area contributed by atoms with Crippen molar-refractivity contribution in [2.24, 2.45) is 0 Å². The van der Waals surface area contributed by atoms with Crippen LogP contribution in [0.25, 0.3) is 11.1 Å². The van der Waals surface area contributed by atoms with Crippen molar-refractivity contribution in [3.63, 3.8) is 0 Å². The predicted molar refractivity (Wildman–Crippen MR) is 142 cm³/mol. The van der Waals surface area contributed by atoms with Gasteiger partial charge in [-0.3, -0.25) is 14.4 Å². The summed E-state index contributed by atoms with van der Waals surface area (Å²) in [6, 6.07) is 23.3. The number of unbranched alkanes of at least 4 members (excludes halogenated alkanes) is 2. The molecule has 0 radical (unpaired) electrons. The second kappa shape index (κ2) is 12.1. The summed E-state index contributed by atoms with van der Waals surface area (Å²) in [4.78, 5) is 37.7. The van der Waals surface area contributed by atoms with Crippen molar-refractivity contribution in [2.75, 3.05) is 19.6 Å². The minimum absolute atomic E-state index is 0.149. The number of fused-ring (bicyclic) bond motifs is 3. The topological polar surface area (TPSA) is 87.3 Å². The Bertz CT molecular complexity index is 1280. The van der Waals surface area contributed by atoms with Gasteiger partial charge in [-0.25, -0.2) is 0 Å². The van der Waals surface area contributed by atoms with Crippen LogP contribution in [0.3, 0.4) is 0 Å². The molecular weight excluding hydrogens is 507 g/mol. The molecule has 0 bridgehead atoms. The zero-order valence-electron chi connectivity index (χ0n) is 21.3. The highest BCUT2D eigenvalue weighted by molar-refractivity contribution is 6.00. The number of hydrogen-bond acceptors (Lipinski definition) is 3. The fourth-order valence-corrected chi connectivity index (χ4v) is 5.12. The van der Waals surface area contributed by atoms with Crippen LogP contribution in [0, 0.1) is 0 Å². The van der Waals surface area contributed by atoms with E-state index >= 15 is 0 Å². The Labute approximate surface area is 225 Å². The molecule has 204 valence electrons. The molecule has 39 heavy (non-hydrogen) atoms. The molecule has 1 aliphatic rings. The molecule has 3 aromatic carbocycles. The van der Waals surface area contributed by atoms with Gasteiger partial charge in [0.25, 0.3) is 5.91 Å². The van der Waals surface area contributed by atoms with Gasteiger partial charge in [0, 0.05) is 12.1 Å². The summed E-state index contributed by atoms with van der Waals surface area (Å²) < 4.78 is 39.0. The number of carbonyl (C=O) groups is 3. The standard InChI is InChI=1S/C30H30F3N3O3/c31-30(32,33)20-36-28(39)29(24-15-7-5-13-22(24)23-14-6-8-16-25(23)29)17-9-2-10-18-34-26(37)19-35-27(38)21-11-3-1-4-12-21/h1,3-8,11-16H,2,9-10,17-20H2,(H,34,37)(H,35,38)(H,36,39). The Morgan fingerprint density at radius 2 is 1.28 bits per heavy atom. The SMILES string of the molecule is O=C(CNC(=O)c1ccccc1)NCCCCCC1(C(=O)NCC(F)(F)F)c2ccccc2-c2ccccc21. The highest BCUT2D eigenvalue weighted by atomic mass is 19.4.